The van der Waals surface area contributed by atoms with E-state index in [1.165, 1.54) is 4.68 Å². The van der Waals surface area contributed by atoms with E-state index in [9.17, 15) is 29.4 Å². The summed E-state index contributed by atoms with van der Waals surface area (Å²) in [5.74, 6) is 4.96. The Morgan fingerprint density at radius 3 is 2.03 bits per heavy atom. The maximum absolute atomic E-state index is 15.1. The number of carbonyl (C=O) groups is 4. The molecule has 5 heterocycles. The highest BCUT2D eigenvalue weighted by Crippen LogP contribution is 2.34. The zero-order valence-electron chi connectivity index (χ0n) is 42.5. The number of ether oxygens (including phenoxy) is 1. The van der Waals surface area contributed by atoms with Crippen molar-refractivity contribution in [3.05, 3.63) is 119 Å². The normalized spacial score (nSPS) is 17.0. The SMILES string of the molecule is Cn1ccc(-c2cc(F)c(CCOC(=O)NC(C(=O)NC(Cc3ccc(C#Cc4ccc(N5CC6CCC(C5)N6c5ncccn5)nc4)cc3)C(O)CNNC(=O)C(NC(=O)O)C(C)(C)C)C(C)(C)C)c(F)c2)n1. The third-order valence-electron chi connectivity index (χ3n) is 12.9. The second kappa shape index (κ2) is 23.4. The molecule has 2 aliphatic rings. The van der Waals surface area contributed by atoms with Crippen molar-refractivity contribution in [3.8, 4) is 23.1 Å². The van der Waals surface area contributed by atoms with Crippen molar-refractivity contribution in [1.29, 1.82) is 0 Å². The number of anilines is 2. The number of carboxylic acid groups (broad SMARTS) is 1. The molecule has 7 rings (SSSR count). The summed E-state index contributed by atoms with van der Waals surface area (Å²) in [6.45, 7) is 11.1. The van der Waals surface area contributed by atoms with E-state index in [0.29, 0.717) is 28.9 Å². The molecule has 7 N–H and O–H groups in total. The summed E-state index contributed by atoms with van der Waals surface area (Å²) in [6, 6.07) is 14.1. The number of halogens is 2. The Bertz CT molecular complexity index is 2790. The highest BCUT2D eigenvalue weighted by Gasteiger charge is 2.42. The van der Waals surface area contributed by atoms with Gasteiger partial charge in [0.25, 0.3) is 5.91 Å². The fourth-order valence-corrected chi connectivity index (χ4v) is 9.06. The molecule has 2 fully saturated rings. The summed E-state index contributed by atoms with van der Waals surface area (Å²) in [5.41, 5.74) is 5.88. The lowest BCUT2D eigenvalue weighted by Crippen LogP contribution is -2.60. The van der Waals surface area contributed by atoms with Gasteiger partial charge in [0.1, 0.15) is 29.5 Å². The molecule has 0 aliphatic carbocycles. The van der Waals surface area contributed by atoms with Gasteiger partial charge in [-0.15, -0.1) is 0 Å². The van der Waals surface area contributed by atoms with Crippen LogP contribution in [0.15, 0.2) is 85.5 Å². The van der Waals surface area contributed by atoms with E-state index >= 15 is 8.78 Å². The number of amides is 4. The topological polar surface area (TPSA) is 241 Å². The molecule has 6 atom stereocenters. The van der Waals surface area contributed by atoms with Gasteiger partial charge in [-0.25, -0.2) is 38.7 Å². The Morgan fingerprint density at radius 1 is 0.824 bits per heavy atom. The van der Waals surface area contributed by atoms with Crippen LogP contribution in [0.2, 0.25) is 0 Å². The Kier molecular flexibility index (Phi) is 17.1. The van der Waals surface area contributed by atoms with Crippen LogP contribution >= 0.6 is 0 Å². The van der Waals surface area contributed by atoms with Crippen LogP contribution in [0.5, 0.6) is 0 Å². The second-order valence-electron chi connectivity index (χ2n) is 20.7. The Labute approximate surface area is 428 Å². The predicted octanol–water partition coefficient (Wildman–Crippen LogP) is 4.88. The summed E-state index contributed by atoms with van der Waals surface area (Å²) in [5, 5.41) is 32.8. The van der Waals surface area contributed by atoms with Crippen LogP contribution in [0.25, 0.3) is 11.3 Å². The van der Waals surface area contributed by atoms with Crippen molar-refractivity contribution < 1.29 is 42.9 Å². The molecule has 19 nitrogen and oxygen atoms in total. The van der Waals surface area contributed by atoms with Gasteiger partial charge in [-0.1, -0.05) is 65.5 Å². The third-order valence-corrected chi connectivity index (χ3v) is 12.9. The molecule has 5 aromatic rings. The molecule has 2 saturated heterocycles. The number of aromatic nitrogens is 5. The minimum absolute atomic E-state index is 0.0821. The van der Waals surface area contributed by atoms with E-state index in [1.54, 1.807) is 91.6 Å². The Morgan fingerprint density at radius 2 is 1.45 bits per heavy atom. The summed E-state index contributed by atoms with van der Waals surface area (Å²) in [4.78, 5) is 70.2. The molecule has 4 amide bonds. The van der Waals surface area contributed by atoms with Gasteiger partial charge in [0, 0.05) is 92.2 Å². The smallest absolute Gasteiger partial charge is 0.407 e. The lowest BCUT2D eigenvalue weighted by atomic mass is 9.85. The highest BCUT2D eigenvalue weighted by molar-refractivity contribution is 5.87. The first-order chi connectivity index (χ1) is 35.1. The fourth-order valence-electron chi connectivity index (χ4n) is 9.06. The first kappa shape index (κ1) is 54.1. The van der Waals surface area contributed by atoms with E-state index in [0.717, 1.165) is 55.4 Å². The molecule has 21 heteroatoms. The van der Waals surface area contributed by atoms with Crippen LogP contribution in [0.3, 0.4) is 0 Å². The number of benzene rings is 2. The number of hydrogen-bond acceptors (Lipinski definition) is 13. The van der Waals surface area contributed by atoms with E-state index in [-0.39, 0.29) is 30.5 Å². The van der Waals surface area contributed by atoms with Crippen LogP contribution in [0.4, 0.5) is 30.1 Å². The number of aliphatic hydroxyl groups excluding tert-OH is 1. The molecule has 392 valence electrons. The van der Waals surface area contributed by atoms with Crippen LogP contribution in [-0.4, -0.2) is 122 Å². The summed E-state index contributed by atoms with van der Waals surface area (Å²) >= 11 is 0. The minimum atomic E-state index is -1.39. The molecule has 3 aromatic heterocycles. The monoisotopic (exact) mass is 1020 g/mol. The van der Waals surface area contributed by atoms with Gasteiger partial charge in [-0.05, 0) is 84.2 Å². The lowest BCUT2D eigenvalue weighted by Gasteiger charge is -2.41. The van der Waals surface area contributed by atoms with E-state index in [1.807, 2.05) is 30.3 Å². The number of carbonyl (C=O) groups excluding carboxylic acids is 3. The summed E-state index contributed by atoms with van der Waals surface area (Å²) in [7, 11) is 1.69. The molecule has 2 aromatic carbocycles. The van der Waals surface area contributed by atoms with Gasteiger partial charge in [0.2, 0.25) is 11.9 Å². The highest BCUT2D eigenvalue weighted by atomic mass is 19.1. The van der Waals surface area contributed by atoms with Gasteiger partial charge in [-0.2, -0.15) is 5.10 Å². The van der Waals surface area contributed by atoms with Crippen molar-refractivity contribution in [2.45, 2.75) is 104 Å². The van der Waals surface area contributed by atoms with Crippen molar-refractivity contribution in [1.82, 2.24) is 51.5 Å². The van der Waals surface area contributed by atoms with Gasteiger partial charge in [-0.3, -0.25) is 19.7 Å². The third kappa shape index (κ3) is 14.1. The zero-order chi connectivity index (χ0) is 53.3. The largest absolute Gasteiger partial charge is 0.465 e. The van der Waals surface area contributed by atoms with Crippen molar-refractivity contribution >= 4 is 35.8 Å². The molecular formula is C53H64F2N12O7. The summed E-state index contributed by atoms with van der Waals surface area (Å²) in [6.07, 6.45) is 5.13. The number of nitrogens with one attached hydrogen (secondary N) is 5. The summed E-state index contributed by atoms with van der Waals surface area (Å²) < 4.78 is 36.9. The van der Waals surface area contributed by atoms with Crippen LogP contribution in [0.1, 0.15) is 76.6 Å². The number of fused-ring (bicyclic) bond motifs is 2. The van der Waals surface area contributed by atoms with Crippen LogP contribution < -0.4 is 36.6 Å². The molecule has 2 bridgehead atoms. The standard InChI is InChI=1S/C53H64F2N12O7/c1-52(2,3)45(62-51(73)74-24-20-38-39(54)26-35(27-40(38)55)41-19-23-65(7)64-41)47(69)60-42(43(68)29-59-63-48(70)46(53(4,5)6)61-50(71)72)25-33-12-9-32(10-13-33)11-14-34-15-18-44(58-28-34)66-30-36-16-17-37(31-66)67(36)49-56-21-8-22-57-49/h8-10,12-13,15,18-19,21-23,26-28,36-37,42-43,45-46,59,61,68H,16-17,20,24-25,29-31H2,1-7H3,(H,60,69)(H,62,73)(H,63,70)(H,71,72). The van der Waals surface area contributed by atoms with Gasteiger partial charge < -0.3 is 40.7 Å². The molecule has 0 saturated carbocycles. The number of nitrogens with zero attached hydrogens (tertiary/aromatic N) is 7. The van der Waals surface area contributed by atoms with Crippen molar-refractivity contribution in [3.63, 3.8) is 0 Å². The number of rotatable bonds is 17. The van der Waals surface area contributed by atoms with Crippen molar-refractivity contribution in [2.75, 3.05) is 36.0 Å². The number of alkyl carbamates (subject to hydrolysis) is 1. The maximum Gasteiger partial charge on any atom is 0.407 e. The Hall–Kier alpha value is -7.70. The molecule has 2 aliphatic heterocycles. The first-order valence-electron chi connectivity index (χ1n) is 24.4. The van der Waals surface area contributed by atoms with E-state index in [4.69, 9.17) is 9.72 Å². The fraction of sp³-hybridized carbons (Fsp3) is 0.434. The number of pyridine rings is 1. The average Bonchev–Trinajstić information content (AvgIpc) is 3.90. The molecule has 0 spiro atoms. The molecule has 74 heavy (non-hydrogen) atoms. The van der Waals surface area contributed by atoms with Gasteiger partial charge >= 0.3 is 12.2 Å². The minimum Gasteiger partial charge on any atom is -0.465 e. The van der Waals surface area contributed by atoms with Crippen LogP contribution in [-0.2, 0) is 34.2 Å². The molecule has 6 unspecified atom stereocenters. The number of aliphatic hydroxyl groups is 1. The first-order valence-corrected chi connectivity index (χ1v) is 24.4. The number of aryl methyl sites for hydroxylation is 1. The Balaban J connectivity index is 0.992. The predicted molar refractivity (Wildman–Crippen MR) is 272 cm³/mol. The molecule has 0 radical (unpaired) electrons. The maximum atomic E-state index is 15.1. The number of hydrogen-bond donors (Lipinski definition) is 7. The second-order valence-corrected chi connectivity index (χ2v) is 20.7. The number of hydrazine groups is 1. The van der Waals surface area contributed by atoms with Gasteiger partial charge in [0.15, 0.2) is 0 Å². The van der Waals surface area contributed by atoms with E-state index < -0.39 is 77.3 Å². The quantitative estimate of drug-likeness (QED) is 0.0486. The zero-order valence-corrected chi connectivity index (χ0v) is 42.5. The van der Waals surface area contributed by atoms with Crippen molar-refractivity contribution in [2.24, 2.45) is 17.9 Å². The molecular weight excluding hydrogens is 955 g/mol. The van der Waals surface area contributed by atoms with Crippen LogP contribution in [0, 0.1) is 34.3 Å². The van der Waals surface area contributed by atoms with Gasteiger partial charge in [0.05, 0.1) is 24.4 Å². The lowest BCUT2D eigenvalue weighted by molar-refractivity contribution is -0.128. The average molecular weight is 1020 g/mol. The van der Waals surface area contributed by atoms with E-state index in [2.05, 4.69) is 63.5 Å². The number of piperazine rings is 1.